The number of nitrogens with one attached hydrogen (secondary N) is 2. The molecule has 0 aromatic rings. The second-order valence-electron chi connectivity index (χ2n) is 9.42. The number of carboxylic acid groups (broad SMARTS) is 1. The smallest absolute Gasteiger partial charge is 0.353 e. The van der Waals surface area contributed by atoms with Crippen molar-refractivity contribution in [3.05, 3.63) is 10.6 Å². The average molecular weight is 453 g/mol. The molecule has 0 bridgehead atoms. The number of rotatable bonds is 5. The minimum absolute atomic E-state index is 0.0453. The zero-order valence-corrected chi connectivity index (χ0v) is 19.2. The number of aliphatic carboxylic acids is 1. The molecule has 172 valence electrons. The normalized spacial score (nSPS) is 38.9. The number of carbonyl (C=O) groups excluding carboxylic acids is 2. The predicted molar refractivity (Wildman–Crippen MR) is 116 cm³/mol. The lowest BCUT2D eigenvalue weighted by Gasteiger charge is -2.46. The van der Waals surface area contributed by atoms with Crippen LogP contribution in [0.3, 0.4) is 0 Å². The van der Waals surface area contributed by atoms with E-state index in [1.54, 1.807) is 6.92 Å². The van der Waals surface area contributed by atoms with Crippen LogP contribution in [-0.2, 0) is 14.4 Å². The zero-order valence-electron chi connectivity index (χ0n) is 18.4. The lowest BCUT2D eigenvalue weighted by Crippen LogP contribution is -2.63. The van der Waals surface area contributed by atoms with Gasteiger partial charge in [-0.25, -0.2) is 4.79 Å². The molecule has 4 aliphatic heterocycles. The molecule has 3 fully saturated rings. The summed E-state index contributed by atoms with van der Waals surface area (Å²) in [5.41, 5.74) is 0.0453. The third-order valence-electron chi connectivity index (χ3n) is 6.86. The largest absolute Gasteiger partial charge is 0.477 e. The van der Waals surface area contributed by atoms with Crippen molar-refractivity contribution in [2.75, 3.05) is 19.6 Å². The molecular formula is C21H32N4O5S. The van der Waals surface area contributed by atoms with E-state index in [4.69, 9.17) is 0 Å². The summed E-state index contributed by atoms with van der Waals surface area (Å²) < 4.78 is 0. The summed E-state index contributed by atoms with van der Waals surface area (Å²) in [4.78, 5) is 41.4. The van der Waals surface area contributed by atoms with Crippen LogP contribution in [0.25, 0.3) is 0 Å². The first kappa shape index (κ1) is 22.6. The first-order chi connectivity index (χ1) is 14.6. The Morgan fingerprint density at radius 1 is 1.19 bits per heavy atom. The number of fused-ring (bicyclic) bond motifs is 1. The number of hydrogen-bond acceptors (Lipinski definition) is 7. The van der Waals surface area contributed by atoms with Gasteiger partial charge in [0.1, 0.15) is 5.70 Å². The third-order valence-corrected chi connectivity index (χ3v) is 8.37. The molecule has 4 aliphatic rings. The maximum atomic E-state index is 13.0. The number of amides is 2. The summed E-state index contributed by atoms with van der Waals surface area (Å²) >= 11 is 1.47. The molecule has 9 nitrogen and oxygen atoms in total. The van der Waals surface area contributed by atoms with E-state index in [0.717, 1.165) is 0 Å². The van der Waals surface area contributed by atoms with E-state index in [-0.39, 0.29) is 52.8 Å². The fourth-order valence-electron chi connectivity index (χ4n) is 5.57. The third kappa shape index (κ3) is 3.88. The van der Waals surface area contributed by atoms with Gasteiger partial charge in [-0.2, -0.15) is 0 Å². The van der Waals surface area contributed by atoms with Crippen LogP contribution < -0.4 is 10.6 Å². The maximum absolute atomic E-state index is 13.0. The minimum Gasteiger partial charge on any atom is -0.477 e. The van der Waals surface area contributed by atoms with Gasteiger partial charge in [0.2, 0.25) is 11.8 Å². The van der Waals surface area contributed by atoms with E-state index in [0.29, 0.717) is 31.0 Å². The Morgan fingerprint density at radius 3 is 2.42 bits per heavy atom. The number of carbonyl (C=O) groups is 3. The van der Waals surface area contributed by atoms with Gasteiger partial charge in [0.25, 0.3) is 0 Å². The molecule has 0 aromatic heterocycles. The van der Waals surface area contributed by atoms with Crippen LogP contribution >= 0.6 is 11.8 Å². The first-order valence-electron chi connectivity index (χ1n) is 11.0. The topological polar surface area (TPSA) is 122 Å². The van der Waals surface area contributed by atoms with Crippen LogP contribution in [0.1, 0.15) is 34.1 Å². The first-order valence-corrected chi connectivity index (χ1v) is 11.9. The number of β-lactam (4-membered cyclic amide) rings is 1. The van der Waals surface area contributed by atoms with Gasteiger partial charge in [0, 0.05) is 47.8 Å². The molecule has 4 rings (SSSR count). The highest BCUT2D eigenvalue weighted by Crippen LogP contribution is 2.51. The summed E-state index contributed by atoms with van der Waals surface area (Å²) in [7, 11) is 0. The van der Waals surface area contributed by atoms with Gasteiger partial charge in [-0.15, -0.1) is 11.8 Å². The molecule has 0 unspecified atom stereocenters. The van der Waals surface area contributed by atoms with Crippen LogP contribution in [0.5, 0.6) is 0 Å². The van der Waals surface area contributed by atoms with Gasteiger partial charge in [-0.3, -0.25) is 9.59 Å². The number of nitrogens with zero attached hydrogens (tertiary/aromatic N) is 2. The van der Waals surface area contributed by atoms with E-state index >= 15 is 0 Å². The van der Waals surface area contributed by atoms with Crippen LogP contribution in [0.4, 0.5) is 0 Å². The zero-order chi connectivity index (χ0) is 22.6. The molecule has 4 heterocycles. The van der Waals surface area contributed by atoms with E-state index in [2.05, 4.69) is 24.5 Å². The van der Waals surface area contributed by atoms with Gasteiger partial charge >= 0.3 is 5.97 Å². The Balaban J connectivity index is 1.44. The van der Waals surface area contributed by atoms with Crippen LogP contribution in [0.2, 0.25) is 0 Å². The molecule has 8 atom stereocenters. The van der Waals surface area contributed by atoms with Crippen molar-refractivity contribution in [3.63, 3.8) is 0 Å². The van der Waals surface area contributed by atoms with Gasteiger partial charge in [-0.1, -0.05) is 6.92 Å². The monoisotopic (exact) mass is 452 g/mol. The molecule has 0 aromatic carbocycles. The SMILES string of the molecule is C[C@@H]1CN(C(=O)[C@@H]2C[C@H](SC3=C(C(=O)O)N4C(=O)[C@H]([C@@H](C)O)[C@H]4[C@H]3C)CN2)C[C@H](C)N1. The highest BCUT2D eigenvalue weighted by molar-refractivity contribution is 8.03. The standard InChI is InChI=1S/C21H32N4O5S/c1-9-7-24(8-10(2)23-9)19(27)14-5-13(6-22-14)31-18-11(3)16-15(12(4)26)20(28)25(16)17(18)21(29)30/h9-16,22-23,26H,5-8H2,1-4H3,(H,29,30)/t9-,10+,11-,12-,13+,14+,15-,16-/m1/s1. The number of thioether (sulfide) groups is 1. The second-order valence-corrected chi connectivity index (χ2v) is 10.8. The Morgan fingerprint density at radius 2 is 1.84 bits per heavy atom. The van der Waals surface area contributed by atoms with Crippen molar-refractivity contribution in [2.24, 2.45) is 11.8 Å². The number of carboxylic acids is 1. The minimum atomic E-state index is -1.11. The highest BCUT2D eigenvalue weighted by atomic mass is 32.2. The number of hydrogen-bond donors (Lipinski definition) is 4. The molecule has 0 radical (unpaired) electrons. The molecule has 3 saturated heterocycles. The van der Waals surface area contributed by atoms with E-state index in [9.17, 15) is 24.6 Å². The number of aliphatic hydroxyl groups excluding tert-OH is 1. The summed E-state index contributed by atoms with van der Waals surface area (Å²) in [6.07, 6.45) is -0.188. The Kier molecular flexibility index (Phi) is 6.10. The van der Waals surface area contributed by atoms with Gasteiger partial charge in [-0.05, 0) is 27.2 Å². The molecular weight excluding hydrogens is 420 g/mol. The Labute approximate surface area is 186 Å². The lowest BCUT2D eigenvalue weighted by atomic mass is 9.79. The Bertz CT molecular complexity index is 808. The summed E-state index contributed by atoms with van der Waals surface area (Å²) in [5, 5.41) is 26.6. The molecule has 10 heteroatoms. The molecule has 0 aliphatic carbocycles. The number of aliphatic hydroxyl groups is 1. The van der Waals surface area contributed by atoms with Crippen molar-refractivity contribution in [2.45, 2.75) is 69.6 Å². The quantitative estimate of drug-likeness (QED) is 0.424. The summed E-state index contributed by atoms with van der Waals surface area (Å²) in [5.74, 6) is -2.05. The van der Waals surface area contributed by atoms with Crippen LogP contribution in [0.15, 0.2) is 10.6 Å². The molecule has 2 amide bonds. The highest BCUT2D eigenvalue weighted by Gasteiger charge is 2.60. The summed E-state index contributed by atoms with van der Waals surface area (Å²) in [6, 6.07) is -0.0715. The number of piperazine rings is 1. The molecule has 31 heavy (non-hydrogen) atoms. The average Bonchev–Trinajstić information content (AvgIpc) is 3.22. The van der Waals surface area contributed by atoms with Crippen LogP contribution in [0, 0.1) is 11.8 Å². The van der Waals surface area contributed by atoms with Gasteiger partial charge in [0.15, 0.2) is 0 Å². The molecule has 4 N–H and O–H groups in total. The van der Waals surface area contributed by atoms with Crippen molar-refractivity contribution in [1.29, 1.82) is 0 Å². The fourth-order valence-corrected chi connectivity index (χ4v) is 7.05. The van der Waals surface area contributed by atoms with Crippen molar-refractivity contribution < 1.29 is 24.6 Å². The molecule has 0 spiro atoms. The second kappa shape index (κ2) is 8.38. The Hall–Kier alpha value is -1.62. The molecule has 0 saturated carbocycles. The van der Waals surface area contributed by atoms with Crippen LogP contribution in [-0.4, -0.2) is 93.0 Å². The van der Waals surface area contributed by atoms with Gasteiger partial charge in [0.05, 0.1) is 24.1 Å². The van der Waals surface area contributed by atoms with Crippen molar-refractivity contribution in [3.8, 4) is 0 Å². The van der Waals surface area contributed by atoms with Crippen molar-refractivity contribution in [1.82, 2.24) is 20.4 Å². The maximum Gasteiger partial charge on any atom is 0.353 e. The van der Waals surface area contributed by atoms with Gasteiger partial charge < -0.3 is 30.6 Å². The van der Waals surface area contributed by atoms with E-state index in [1.807, 2.05) is 11.8 Å². The fraction of sp³-hybridized carbons (Fsp3) is 0.762. The lowest BCUT2D eigenvalue weighted by molar-refractivity contribution is -0.163. The van der Waals surface area contributed by atoms with E-state index in [1.165, 1.54) is 16.7 Å². The predicted octanol–water partition coefficient (Wildman–Crippen LogP) is -0.187. The van der Waals surface area contributed by atoms with E-state index < -0.39 is 18.0 Å². The summed E-state index contributed by atoms with van der Waals surface area (Å²) in [6.45, 7) is 9.63. The van der Waals surface area contributed by atoms with Crippen molar-refractivity contribution >= 4 is 29.5 Å².